The van der Waals surface area contributed by atoms with E-state index in [2.05, 4.69) is 21.4 Å². The lowest BCUT2D eigenvalue weighted by molar-refractivity contribution is 0.1000. The zero-order valence-electron chi connectivity index (χ0n) is 8.76. The van der Waals surface area contributed by atoms with Gasteiger partial charge in [-0.15, -0.1) is 11.3 Å². The molecule has 0 radical (unpaired) electrons. The van der Waals surface area contributed by atoms with Crippen LogP contribution in [0.1, 0.15) is 12.8 Å². The molecule has 84 valence electrons. The van der Waals surface area contributed by atoms with Crippen molar-refractivity contribution < 1.29 is 4.74 Å². The fraction of sp³-hybridized carbons (Fsp3) is 0.455. The average molecular weight is 252 g/mol. The van der Waals surface area contributed by atoms with Crippen molar-refractivity contribution in [3.05, 3.63) is 17.6 Å². The zero-order chi connectivity index (χ0) is 10.8. The second-order valence-electron chi connectivity index (χ2n) is 3.76. The molecular formula is C11H12N2OS2. The third kappa shape index (κ3) is 2.21. The number of hydrogen-bond donors (Lipinski definition) is 0. The minimum Gasteiger partial charge on any atom is -0.381 e. The van der Waals surface area contributed by atoms with Crippen molar-refractivity contribution in [3.8, 4) is 0 Å². The minimum absolute atomic E-state index is 0.617. The number of thioether (sulfide) groups is 1. The van der Waals surface area contributed by atoms with Gasteiger partial charge in [-0.3, -0.25) is 0 Å². The van der Waals surface area contributed by atoms with Crippen molar-refractivity contribution in [1.29, 1.82) is 0 Å². The third-order valence-electron chi connectivity index (χ3n) is 2.63. The molecule has 0 atom stereocenters. The molecule has 1 aliphatic heterocycles. The Morgan fingerprint density at radius 3 is 3.12 bits per heavy atom. The van der Waals surface area contributed by atoms with E-state index >= 15 is 0 Å². The number of fused-ring (bicyclic) bond motifs is 1. The molecule has 3 heterocycles. The summed E-state index contributed by atoms with van der Waals surface area (Å²) in [6, 6.07) is 2.06. The number of nitrogens with zero attached hydrogens (tertiary/aromatic N) is 2. The normalized spacial score (nSPS) is 18.0. The number of hydrogen-bond acceptors (Lipinski definition) is 5. The first-order valence-corrected chi connectivity index (χ1v) is 7.12. The summed E-state index contributed by atoms with van der Waals surface area (Å²) in [7, 11) is 0. The Morgan fingerprint density at radius 1 is 1.38 bits per heavy atom. The molecule has 5 heteroatoms. The van der Waals surface area contributed by atoms with Crippen LogP contribution in [0.4, 0.5) is 0 Å². The van der Waals surface area contributed by atoms with Crippen LogP contribution in [0.2, 0.25) is 0 Å². The lowest BCUT2D eigenvalue weighted by atomic mass is 10.2. The van der Waals surface area contributed by atoms with E-state index in [1.807, 2.05) is 6.20 Å². The first-order valence-electron chi connectivity index (χ1n) is 5.36. The molecule has 3 nitrogen and oxygen atoms in total. The van der Waals surface area contributed by atoms with Crippen LogP contribution in [0, 0.1) is 0 Å². The van der Waals surface area contributed by atoms with E-state index in [0.717, 1.165) is 41.4 Å². The molecule has 0 bridgehead atoms. The summed E-state index contributed by atoms with van der Waals surface area (Å²) >= 11 is 3.46. The van der Waals surface area contributed by atoms with Crippen molar-refractivity contribution >= 4 is 33.3 Å². The Kier molecular flexibility index (Phi) is 3.08. The van der Waals surface area contributed by atoms with Crippen molar-refractivity contribution in [1.82, 2.24) is 9.97 Å². The van der Waals surface area contributed by atoms with Gasteiger partial charge in [-0.25, -0.2) is 9.97 Å². The zero-order valence-corrected chi connectivity index (χ0v) is 10.4. The standard InChI is InChI=1S/C11H12N2OS2/c1-4-14-5-2-9(1)16-11-12-7-8-3-6-15-10(8)13-11/h3,6-7,9H,1-2,4-5H2. The number of ether oxygens (including phenoxy) is 1. The molecule has 0 aromatic carbocycles. The second-order valence-corrected chi connectivity index (χ2v) is 5.93. The highest BCUT2D eigenvalue weighted by molar-refractivity contribution is 7.99. The molecule has 2 aromatic heterocycles. The maximum atomic E-state index is 5.34. The largest absolute Gasteiger partial charge is 0.381 e. The molecule has 0 unspecified atom stereocenters. The minimum atomic E-state index is 0.617. The first-order chi connectivity index (χ1) is 7.92. The molecular weight excluding hydrogens is 240 g/mol. The van der Waals surface area contributed by atoms with Crippen molar-refractivity contribution in [3.63, 3.8) is 0 Å². The van der Waals surface area contributed by atoms with Crippen LogP contribution in [0.25, 0.3) is 10.2 Å². The Balaban J connectivity index is 1.77. The van der Waals surface area contributed by atoms with Gasteiger partial charge in [0.25, 0.3) is 0 Å². The summed E-state index contributed by atoms with van der Waals surface area (Å²) in [6.45, 7) is 1.75. The number of rotatable bonds is 2. The Bertz CT molecular complexity index is 480. The second kappa shape index (κ2) is 4.69. The van der Waals surface area contributed by atoms with E-state index in [4.69, 9.17) is 4.74 Å². The number of aromatic nitrogens is 2. The van der Waals surface area contributed by atoms with Crippen LogP contribution in [0.15, 0.2) is 22.8 Å². The van der Waals surface area contributed by atoms with Crippen LogP contribution >= 0.6 is 23.1 Å². The lowest BCUT2D eigenvalue weighted by Crippen LogP contribution is -2.17. The Labute approximate surface area is 102 Å². The lowest BCUT2D eigenvalue weighted by Gasteiger charge is -2.20. The van der Waals surface area contributed by atoms with Gasteiger partial charge in [-0.05, 0) is 24.3 Å². The van der Waals surface area contributed by atoms with Gasteiger partial charge in [0.15, 0.2) is 5.16 Å². The highest BCUT2D eigenvalue weighted by Gasteiger charge is 2.16. The van der Waals surface area contributed by atoms with E-state index in [1.54, 1.807) is 23.1 Å². The van der Waals surface area contributed by atoms with Gasteiger partial charge in [0.1, 0.15) is 4.83 Å². The summed E-state index contributed by atoms with van der Waals surface area (Å²) in [5.41, 5.74) is 0. The molecule has 3 rings (SSSR count). The van der Waals surface area contributed by atoms with Crippen LogP contribution < -0.4 is 0 Å². The molecule has 0 spiro atoms. The van der Waals surface area contributed by atoms with Crippen LogP contribution in [-0.2, 0) is 4.74 Å². The quantitative estimate of drug-likeness (QED) is 0.770. The molecule has 1 fully saturated rings. The number of thiophene rings is 1. The SMILES string of the molecule is c1cc2cnc(SC3CCOCC3)nc2s1. The van der Waals surface area contributed by atoms with Gasteiger partial charge in [0, 0.05) is 30.0 Å². The van der Waals surface area contributed by atoms with Crippen molar-refractivity contribution in [2.24, 2.45) is 0 Å². The van der Waals surface area contributed by atoms with E-state index in [1.165, 1.54) is 0 Å². The predicted octanol–water partition coefficient (Wildman–Crippen LogP) is 2.96. The summed E-state index contributed by atoms with van der Waals surface area (Å²) in [4.78, 5) is 10.0. The highest BCUT2D eigenvalue weighted by Crippen LogP contribution is 2.28. The molecule has 0 N–H and O–H groups in total. The van der Waals surface area contributed by atoms with Gasteiger partial charge in [-0.1, -0.05) is 11.8 Å². The van der Waals surface area contributed by atoms with Gasteiger partial charge in [-0.2, -0.15) is 0 Å². The van der Waals surface area contributed by atoms with Gasteiger partial charge in [0.2, 0.25) is 0 Å². The summed E-state index contributed by atoms with van der Waals surface area (Å²) < 4.78 is 5.34. The fourth-order valence-electron chi connectivity index (χ4n) is 1.74. The summed E-state index contributed by atoms with van der Waals surface area (Å²) in [5.74, 6) is 0. The maximum absolute atomic E-state index is 5.34. The summed E-state index contributed by atoms with van der Waals surface area (Å²) in [5, 5.41) is 4.72. The Hall–Kier alpha value is -0.650. The molecule has 0 aliphatic carbocycles. The molecule has 0 saturated carbocycles. The van der Waals surface area contributed by atoms with Crippen molar-refractivity contribution in [2.75, 3.05) is 13.2 Å². The van der Waals surface area contributed by atoms with E-state index < -0.39 is 0 Å². The smallest absolute Gasteiger partial charge is 0.189 e. The third-order valence-corrected chi connectivity index (χ3v) is 4.66. The molecule has 0 amide bonds. The molecule has 1 saturated heterocycles. The van der Waals surface area contributed by atoms with Crippen molar-refractivity contribution in [2.45, 2.75) is 23.2 Å². The van der Waals surface area contributed by atoms with Gasteiger partial charge in [0.05, 0.1) is 0 Å². The fourth-order valence-corrected chi connectivity index (χ4v) is 3.52. The molecule has 16 heavy (non-hydrogen) atoms. The van der Waals surface area contributed by atoms with Crippen LogP contribution in [0.3, 0.4) is 0 Å². The van der Waals surface area contributed by atoms with E-state index in [9.17, 15) is 0 Å². The Morgan fingerprint density at radius 2 is 2.25 bits per heavy atom. The molecule has 1 aliphatic rings. The van der Waals surface area contributed by atoms with E-state index in [-0.39, 0.29) is 0 Å². The summed E-state index contributed by atoms with van der Waals surface area (Å²) in [6.07, 6.45) is 4.13. The molecule has 2 aromatic rings. The van der Waals surface area contributed by atoms with Gasteiger partial charge < -0.3 is 4.74 Å². The maximum Gasteiger partial charge on any atom is 0.189 e. The topological polar surface area (TPSA) is 35.0 Å². The predicted molar refractivity (Wildman–Crippen MR) is 67.1 cm³/mol. The van der Waals surface area contributed by atoms with Crippen LogP contribution in [0.5, 0.6) is 0 Å². The van der Waals surface area contributed by atoms with E-state index in [0.29, 0.717) is 5.25 Å². The highest BCUT2D eigenvalue weighted by atomic mass is 32.2. The van der Waals surface area contributed by atoms with Crippen LogP contribution in [-0.4, -0.2) is 28.4 Å². The average Bonchev–Trinajstić information content (AvgIpc) is 2.77. The monoisotopic (exact) mass is 252 g/mol. The van der Waals surface area contributed by atoms with Gasteiger partial charge >= 0.3 is 0 Å². The first kappa shape index (κ1) is 10.5.